The number of rotatable bonds is 7. The molecule has 2 rings (SSSR count). The van der Waals surface area contributed by atoms with Gasteiger partial charge in [0.05, 0.1) is 19.2 Å². The fraction of sp³-hybridized carbons (Fsp3) is 0.750. The zero-order valence-corrected chi connectivity index (χ0v) is 13.0. The Kier molecular flexibility index (Phi) is 6.07. The molecule has 114 valence electrons. The van der Waals surface area contributed by atoms with Gasteiger partial charge in [-0.2, -0.15) is 0 Å². The van der Waals surface area contributed by atoms with Gasteiger partial charge in [-0.05, 0) is 38.4 Å². The van der Waals surface area contributed by atoms with E-state index in [0.29, 0.717) is 12.1 Å². The van der Waals surface area contributed by atoms with Crippen LogP contribution in [0.15, 0.2) is 16.5 Å². The van der Waals surface area contributed by atoms with Crippen molar-refractivity contribution >= 4 is 0 Å². The summed E-state index contributed by atoms with van der Waals surface area (Å²) in [4.78, 5) is 2.43. The molecule has 1 aromatic rings. The van der Waals surface area contributed by atoms with Crippen LogP contribution in [-0.2, 0) is 17.8 Å². The van der Waals surface area contributed by atoms with Crippen LogP contribution in [0.2, 0.25) is 0 Å². The van der Waals surface area contributed by atoms with Gasteiger partial charge >= 0.3 is 0 Å². The first-order chi connectivity index (χ1) is 9.67. The molecule has 0 spiro atoms. The molecule has 0 amide bonds. The van der Waals surface area contributed by atoms with Crippen molar-refractivity contribution in [2.75, 3.05) is 19.7 Å². The molecule has 1 fully saturated rings. The summed E-state index contributed by atoms with van der Waals surface area (Å²) in [5.74, 6) is 2.08. The lowest BCUT2D eigenvalue weighted by Crippen LogP contribution is -2.39. The van der Waals surface area contributed by atoms with Gasteiger partial charge in [0.15, 0.2) is 0 Å². The summed E-state index contributed by atoms with van der Waals surface area (Å²) in [6.45, 7) is 11.0. The Morgan fingerprint density at radius 3 is 2.95 bits per heavy atom. The molecule has 4 nitrogen and oxygen atoms in total. The van der Waals surface area contributed by atoms with E-state index in [1.807, 2.05) is 0 Å². The number of nitrogens with one attached hydrogen (secondary N) is 1. The van der Waals surface area contributed by atoms with Crippen molar-refractivity contribution in [3.63, 3.8) is 0 Å². The van der Waals surface area contributed by atoms with Gasteiger partial charge in [-0.1, -0.05) is 13.8 Å². The zero-order chi connectivity index (χ0) is 14.4. The maximum absolute atomic E-state index is 5.89. The lowest BCUT2D eigenvalue weighted by molar-refractivity contribution is 0.00192. The van der Waals surface area contributed by atoms with Crippen molar-refractivity contribution in [3.8, 4) is 0 Å². The highest BCUT2D eigenvalue weighted by Crippen LogP contribution is 2.17. The van der Waals surface area contributed by atoms with Gasteiger partial charge in [0, 0.05) is 19.2 Å². The zero-order valence-electron chi connectivity index (χ0n) is 13.0. The lowest BCUT2D eigenvalue weighted by atomic mass is 10.1. The minimum absolute atomic E-state index is 0.394. The van der Waals surface area contributed by atoms with Crippen molar-refractivity contribution in [1.29, 1.82) is 0 Å². The first-order valence-corrected chi connectivity index (χ1v) is 7.82. The standard InChI is InChI=1S/C16H28N2O2/c1-4-19-15-6-5-9-18(11-15)12-16-8-7-14(20-16)10-17-13(2)3/h7-8,13,15,17H,4-6,9-12H2,1-3H3. The summed E-state index contributed by atoms with van der Waals surface area (Å²) in [7, 11) is 0. The predicted octanol–water partition coefficient (Wildman–Crippen LogP) is 2.78. The largest absolute Gasteiger partial charge is 0.463 e. The molecule has 0 aromatic carbocycles. The Labute approximate surface area is 122 Å². The first kappa shape index (κ1) is 15.5. The number of likely N-dealkylation sites (tertiary alicyclic amines) is 1. The van der Waals surface area contributed by atoms with Crippen molar-refractivity contribution in [3.05, 3.63) is 23.7 Å². The molecule has 0 saturated carbocycles. The Bertz CT molecular complexity index is 388. The van der Waals surface area contributed by atoms with E-state index < -0.39 is 0 Å². The van der Waals surface area contributed by atoms with Gasteiger partial charge < -0.3 is 14.5 Å². The third-order valence-electron chi connectivity index (χ3n) is 3.65. The quantitative estimate of drug-likeness (QED) is 0.833. The smallest absolute Gasteiger partial charge is 0.118 e. The summed E-state index contributed by atoms with van der Waals surface area (Å²) in [5, 5.41) is 3.38. The van der Waals surface area contributed by atoms with Crippen LogP contribution in [0.25, 0.3) is 0 Å². The molecule has 0 bridgehead atoms. The van der Waals surface area contributed by atoms with Crippen LogP contribution in [0.3, 0.4) is 0 Å². The number of nitrogens with zero attached hydrogens (tertiary/aromatic N) is 1. The fourth-order valence-corrected chi connectivity index (χ4v) is 2.66. The molecular formula is C16H28N2O2. The molecule has 1 atom stereocenters. The molecule has 0 aliphatic carbocycles. The Hall–Kier alpha value is -0.840. The van der Waals surface area contributed by atoms with Gasteiger partial charge in [-0.25, -0.2) is 0 Å². The van der Waals surface area contributed by atoms with Gasteiger partial charge in [0.2, 0.25) is 0 Å². The van der Waals surface area contributed by atoms with Crippen LogP contribution in [0.4, 0.5) is 0 Å². The molecule has 0 radical (unpaired) electrons. The SMILES string of the molecule is CCOC1CCCN(Cc2ccc(CNC(C)C)o2)C1. The van der Waals surface area contributed by atoms with Crippen LogP contribution < -0.4 is 5.32 Å². The third-order valence-corrected chi connectivity index (χ3v) is 3.65. The molecule has 1 saturated heterocycles. The van der Waals surface area contributed by atoms with E-state index in [0.717, 1.165) is 44.3 Å². The summed E-state index contributed by atoms with van der Waals surface area (Å²) in [6, 6.07) is 4.66. The van der Waals surface area contributed by atoms with E-state index >= 15 is 0 Å². The number of hydrogen-bond donors (Lipinski definition) is 1. The van der Waals surface area contributed by atoms with E-state index in [1.54, 1.807) is 0 Å². The summed E-state index contributed by atoms with van der Waals surface area (Å²) in [5.41, 5.74) is 0. The predicted molar refractivity (Wildman–Crippen MR) is 80.6 cm³/mol. The minimum atomic E-state index is 0.394. The molecular weight excluding hydrogens is 252 g/mol. The van der Waals surface area contributed by atoms with Gasteiger partial charge in [0.25, 0.3) is 0 Å². The molecule has 20 heavy (non-hydrogen) atoms. The van der Waals surface area contributed by atoms with Gasteiger partial charge in [-0.15, -0.1) is 0 Å². The molecule has 1 aliphatic heterocycles. The van der Waals surface area contributed by atoms with Crippen LogP contribution in [0.5, 0.6) is 0 Å². The Balaban J connectivity index is 1.80. The van der Waals surface area contributed by atoms with Gasteiger partial charge in [0.1, 0.15) is 11.5 Å². The second kappa shape index (κ2) is 7.81. The van der Waals surface area contributed by atoms with Crippen LogP contribution in [0, 0.1) is 0 Å². The number of ether oxygens (including phenoxy) is 1. The van der Waals surface area contributed by atoms with Crippen molar-refractivity contribution in [1.82, 2.24) is 10.2 Å². The summed E-state index contributed by atoms with van der Waals surface area (Å²) in [6.07, 6.45) is 2.80. The summed E-state index contributed by atoms with van der Waals surface area (Å²) < 4.78 is 11.6. The maximum atomic E-state index is 5.89. The van der Waals surface area contributed by atoms with Crippen molar-refractivity contribution in [2.45, 2.75) is 58.8 Å². The average Bonchev–Trinajstić information content (AvgIpc) is 2.85. The second-order valence-electron chi connectivity index (χ2n) is 5.86. The van der Waals surface area contributed by atoms with Crippen LogP contribution in [0.1, 0.15) is 45.1 Å². The van der Waals surface area contributed by atoms with E-state index in [9.17, 15) is 0 Å². The molecule has 1 aliphatic rings. The molecule has 1 aromatic heterocycles. The molecule has 4 heteroatoms. The topological polar surface area (TPSA) is 37.6 Å². The Morgan fingerprint density at radius 2 is 2.20 bits per heavy atom. The van der Waals surface area contributed by atoms with Crippen LogP contribution in [-0.4, -0.2) is 36.7 Å². The van der Waals surface area contributed by atoms with Crippen molar-refractivity contribution in [2.24, 2.45) is 0 Å². The highest BCUT2D eigenvalue weighted by Gasteiger charge is 2.20. The first-order valence-electron chi connectivity index (χ1n) is 7.82. The lowest BCUT2D eigenvalue weighted by Gasteiger charge is -2.31. The number of furan rings is 1. The van der Waals surface area contributed by atoms with E-state index in [1.165, 1.54) is 12.8 Å². The normalized spacial score (nSPS) is 20.7. The second-order valence-corrected chi connectivity index (χ2v) is 5.86. The number of piperidine rings is 1. The van der Waals surface area contributed by atoms with Gasteiger partial charge in [-0.3, -0.25) is 4.90 Å². The average molecular weight is 280 g/mol. The van der Waals surface area contributed by atoms with Crippen molar-refractivity contribution < 1.29 is 9.15 Å². The Morgan fingerprint density at radius 1 is 1.40 bits per heavy atom. The van der Waals surface area contributed by atoms with E-state index in [4.69, 9.17) is 9.15 Å². The highest BCUT2D eigenvalue weighted by molar-refractivity contribution is 5.07. The molecule has 1 unspecified atom stereocenters. The summed E-state index contributed by atoms with van der Waals surface area (Å²) >= 11 is 0. The van der Waals surface area contributed by atoms with E-state index in [2.05, 4.69) is 43.1 Å². The third kappa shape index (κ3) is 4.93. The molecule has 1 N–H and O–H groups in total. The van der Waals surface area contributed by atoms with Crippen LogP contribution >= 0.6 is 0 Å². The van der Waals surface area contributed by atoms with E-state index in [-0.39, 0.29) is 0 Å². The monoisotopic (exact) mass is 280 g/mol. The number of hydrogen-bond acceptors (Lipinski definition) is 4. The maximum Gasteiger partial charge on any atom is 0.118 e. The minimum Gasteiger partial charge on any atom is -0.463 e. The molecule has 2 heterocycles. The highest BCUT2D eigenvalue weighted by atomic mass is 16.5. The fourth-order valence-electron chi connectivity index (χ4n) is 2.66.